The van der Waals surface area contributed by atoms with E-state index in [2.05, 4.69) is 0 Å². The third-order valence-electron chi connectivity index (χ3n) is 1.42. The summed E-state index contributed by atoms with van der Waals surface area (Å²) in [6.07, 6.45) is 0. The van der Waals surface area contributed by atoms with E-state index in [0.717, 1.165) is 0 Å². The van der Waals surface area contributed by atoms with Gasteiger partial charge in [-0.1, -0.05) is 13.8 Å². The van der Waals surface area contributed by atoms with Crippen molar-refractivity contribution in [2.75, 3.05) is 0 Å². The number of nitriles is 1. The fourth-order valence-electron chi connectivity index (χ4n) is 0.777. The zero-order valence-electron chi connectivity index (χ0n) is 6.93. The van der Waals surface area contributed by atoms with Gasteiger partial charge in [0.25, 0.3) is 0 Å². The first-order valence-electron chi connectivity index (χ1n) is 3.37. The Morgan fingerprint density at radius 2 is 1.90 bits per heavy atom. The van der Waals surface area contributed by atoms with Crippen molar-refractivity contribution < 1.29 is 4.79 Å². The molecule has 0 aromatic carbocycles. The minimum absolute atomic E-state index is 0.00926. The third kappa shape index (κ3) is 1.84. The highest BCUT2D eigenvalue weighted by molar-refractivity contribution is 5.88. The van der Waals surface area contributed by atoms with E-state index >= 15 is 0 Å². The molecule has 0 radical (unpaired) electrons. The largest absolute Gasteiger partial charge is 0.298 e. The van der Waals surface area contributed by atoms with Crippen LogP contribution in [0.4, 0.5) is 0 Å². The number of rotatable bonds is 2. The smallest absolute Gasteiger partial charge is 0.155 e. The summed E-state index contributed by atoms with van der Waals surface area (Å²) in [7, 11) is 0. The highest BCUT2D eigenvalue weighted by atomic mass is 16.1. The van der Waals surface area contributed by atoms with Gasteiger partial charge in [-0.05, 0) is 13.8 Å². The van der Waals surface area contributed by atoms with Crippen LogP contribution in [0.2, 0.25) is 0 Å². The summed E-state index contributed by atoms with van der Waals surface area (Å²) in [4.78, 5) is 11.2. The highest BCUT2D eigenvalue weighted by Crippen LogP contribution is 2.19. The van der Waals surface area contributed by atoms with Crippen molar-refractivity contribution in [3.05, 3.63) is 0 Å². The van der Waals surface area contributed by atoms with Crippen LogP contribution in [0.15, 0.2) is 0 Å². The van der Waals surface area contributed by atoms with Crippen LogP contribution in [0.5, 0.6) is 0 Å². The fraction of sp³-hybridized carbons (Fsp3) is 0.750. The molecule has 0 aliphatic carbocycles. The van der Waals surface area contributed by atoms with E-state index in [-0.39, 0.29) is 11.7 Å². The Morgan fingerprint density at radius 3 is 2.00 bits per heavy atom. The van der Waals surface area contributed by atoms with E-state index in [1.807, 2.05) is 6.07 Å². The first-order valence-corrected chi connectivity index (χ1v) is 3.37. The topological polar surface area (TPSA) is 40.9 Å². The van der Waals surface area contributed by atoms with Gasteiger partial charge in [-0.3, -0.25) is 4.79 Å². The predicted molar refractivity (Wildman–Crippen MR) is 39.2 cm³/mol. The van der Waals surface area contributed by atoms with Crippen molar-refractivity contribution >= 4 is 5.78 Å². The summed E-state index contributed by atoms with van der Waals surface area (Å²) in [5, 5.41) is 8.54. The van der Waals surface area contributed by atoms with Crippen molar-refractivity contribution in [3.63, 3.8) is 0 Å². The minimum atomic E-state index is -0.811. The monoisotopic (exact) mass is 139 g/mol. The maximum absolute atomic E-state index is 11.2. The van der Waals surface area contributed by atoms with Gasteiger partial charge in [0.05, 0.1) is 6.07 Å². The quantitative estimate of drug-likeness (QED) is 0.585. The molecule has 56 valence electrons. The van der Waals surface area contributed by atoms with Gasteiger partial charge in [0.2, 0.25) is 0 Å². The second-order valence-electron chi connectivity index (χ2n) is 3.26. The number of carbonyl (C=O) groups excluding carboxylic acids is 1. The zero-order chi connectivity index (χ0) is 8.36. The second kappa shape index (κ2) is 2.83. The molecule has 0 bridgehead atoms. The lowest BCUT2D eigenvalue weighted by Crippen LogP contribution is -2.26. The Labute approximate surface area is 61.8 Å². The van der Waals surface area contributed by atoms with Gasteiger partial charge in [-0.15, -0.1) is 0 Å². The molecule has 0 aromatic heterocycles. The fourth-order valence-corrected chi connectivity index (χ4v) is 0.777. The van der Waals surface area contributed by atoms with Crippen LogP contribution >= 0.6 is 0 Å². The third-order valence-corrected chi connectivity index (χ3v) is 1.42. The first kappa shape index (κ1) is 9.16. The molecule has 0 spiro atoms. The summed E-state index contributed by atoms with van der Waals surface area (Å²) in [5.41, 5.74) is -0.811. The van der Waals surface area contributed by atoms with E-state index in [0.29, 0.717) is 0 Å². The first-order chi connectivity index (χ1) is 4.41. The van der Waals surface area contributed by atoms with E-state index in [1.54, 1.807) is 27.7 Å². The maximum atomic E-state index is 11.2. The summed E-state index contributed by atoms with van der Waals surface area (Å²) in [5.74, 6) is -0.0374. The summed E-state index contributed by atoms with van der Waals surface area (Å²) in [6.45, 7) is 6.91. The molecule has 0 heterocycles. The Balaban J connectivity index is 4.38. The molecule has 2 nitrogen and oxygen atoms in total. The van der Waals surface area contributed by atoms with Crippen molar-refractivity contribution in [2.45, 2.75) is 27.7 Å². The molecule has 0 rings (SSSR count). The van der Waals surface area contributed by atoms with Gasteiger partial charge >= 0.3 is 0 Å². The zero-order valence-corrected chi connectivity index (χ0v) is 6.93. The minimum Gasteiger partial charge on any atom is -0.298 e. The second-order valence-corrected chi connectivity index (χ2v) is 3.26. The molecule has 0 aliphatic rings. The lowest BCUT2D eigenvalue weighted by Gasteiger charge is -2.15. The van der Waals surface area contributed by atoms with Crippen molar-refractivity contribution in [2.24, 2.45) is 11.3 Å². The van der Waals surface area contributed by atoms with Crippen molar-refractivity contribution in [3.8, 4) is 6.07 Å². The van der Waals surface area contributed by atoms with Gasteiger partial charge in [-0.25, -0.2) is 0 Å². The molecule has 0 saturated carbocycles. The lowest BCUT2D eigenvalue weighted by molar-refractivity contribution is -0.127. The maximum Gasteiger partial charge on any atom is 0.155 e. The molecule has 10 heavy (non-hydrogen) atoms. The summed E-state index contributed by atoms with van der Waals surface area (Å²) in [6, 6.07) is 1.97. The summed E-state index contributed by atoms with van der Waals surface area (Å²) >= 11 is 0. The molecule has 0 saturated heterocycles. The van der Waals surface area contributed by atoms with Crippen molar-refractivity contribution in [1.82, 2.24) is 0 Å². The Kier molecular flexibility index (Phi) is 2.59. The van der Waals surface area contributed by atoms with Crippen LogP contribution in [0.3, 0.4) is 0 Å². The van der Waals surface area contributed by atoms with Crippen LogP contribution in [0.1, 0.15) is 27.7 Å². The van der Waals surface area contributed by atoms with E-state index in [4.69, 9.17) is 5.26 Å². The standard InChI is InChI=1S/C8H13NO/c1-6(2)7(10)8(3,4)5-9/h6H,1-4H3. The number of nitrogens with zero attached hydrogens (tertiary/aromatic N) is 1. The van der Waals surface area contributed by atoms with E-state index in [9.17, 15) is 4.79 Å². The Morgan fingerprint density at radius 1 is 1.50 bits per heavy atom. The molecule has 0 N–H and O–H groups in total. The van der Waals surface area contributed by atoms with Gasteiger partial charge in [-0.2, -0.15) is 5.26 Å². The SMILES string of the molecule is CC(C)C(=O)C(C)(C)C#N. The molecular formula is C8H13NO. The number of carbonyl (C=O) groups is 1. The Bertz CT molecular complexity index is 174. The van der Waals surface area contributed by atoms with Crippen LogP contribution < -0.4 is 0 Å². The normalized spacial score (nSPS) is 11.2. The molecule has 0 aromatic rings. The summed E-state index contributed by atoms with van der Waals surface area (Å²) < 4.78 is 0. The average Bonchev–Trinajstić information content (AvgIpc) is 1.86. The molecule has 0 fully saturated rings. The number of hydrogen-bond donors (Lipinski definition) is 0. The highest BCUT2D eigenvalue weighted by Gasteiger charge is 2.28. The molecule has 0 amide bonds. The van der Waals surface area contributed by atoms with Crippen molar-refractivity contribution in [1.29, 1.82) is 5.26 Å². The van der Waals surface area contributed by atoms with Gasteiger partial charge in [0, 0.05) is 5.92 Å². The molecule has 0 atom stereocenters. The molecular weight excluding hydrogens is 126 g/mol. The number of hydrogen-bond acceptors (Lipinski definition) is 2. The van der Waals surface area contributed by atoms with E-state index in [1.165, 1.54) is 0 Å². The Hall–Kier alpha value is -0.840. The van der Waals surface area contributed by atoms with Gasteiger partial charge < -0.3 is 0 Å². The van der Waals surface area contributed by atoms with Gasteiger partial charge in [0.1, 0.15) is 5.41 Å². The molecule has 2 heteroatoms. The van der Waals surface area contributed by atoms with Gasteiger partial charge in [0.15, 0.2) is 5.78 Å². The van der Waals surface area contributed by atoms with Crippen LogP contribution in [-0.4, -0.2) is 5.78 Å². The molecule has 0 aliphatic heterocycles. The van der Waals surface area contributed by atoms with Crippen LogP contribution in [-0.2, 0) is 4.79 Å². The van der Waals surface area contributed by atoms with Crippen LogP contribution in [0.25, 0.3) is 0 Å². The number of ketones is 1. The lowest BCUT2D eigenvalue weighted by atomic mass is 9.84. The average molecular weight is 139 g/mol. The van der Waals surface area contributed by atoms with E-state index < -0.39 is 5.41 Å². The van der Waals surface area contributed by atoms with Crippen LogP contribution in [0, 0.1) is 22.7 Å². The predicted octanol–water partition coefficient (Wildman–Crippen LogP) is 1.76. The number of Topliss-reactive ketones (excluding diaryl/α,β-unsaturated/α-hetero) is 1. The molecule has 0 unspecified atom stereocenters.